The highest BCUT2D eigenvalue weighted by Crippen LogP contribution is 2.27. The number of esters is 1. The Morgan fingerprint density at radius 2 is 2.11 bits per heavy atom. The molecular formula is C19H15BrN4O3. The summed E-state index contributed by atoms with van der Waals surface area (Å²) < 4.78 is 6.00. The second-order valence-electron chi connectivity index (χ2n) is 5.67. The maximum Gasteiger partial charge on any atom is 0.327 e. The number of pyridine rings is 1. The van der Waals surface area contributed by atoms with E-state index in [2.05, 4.69) is 32.1 Å². The Labute approximate surface area is 163 Å². The summed E-state index contributed by atoms with van der Waals surface area (Å²) >= 11 is 3.24. The van der Waals surface area contributed by atoms with Gasteiger partial charge in [0, 0.05) is 10.9 Å². The summed E-state index contributed by atoms with van der Waals surface area (Å²) in [7, 11) is 0. The molecule has 3 aromatic rings. The first-order chi connectivity index (χ1) is 13.0. The monoisotopic (exact) mass is 426 g/mol. The number of halogens is 1. The molecule has 0 bridgehead atoms. The molecular weight excluding hydrogens is 412 g/mol. The van der Waals surface area contributed by atoms with E-state index in [4.69, 9.17) is 4.74 Å². The Morgan fingerprint density at radius 3 is 2.85 bits per heavy atom. The van der Waals surface area contributed by atoms with Crippen LogP contribution in [0, 0.1) is 11.3 Å². The van der Waals surface area contributed by atoms with Crippen LogP contribution in [0.5, 0.6) is 0 Å². The lowest BCUT2D eigenvalue weighted by molar-refractivity contribution is -0.144. The first-order valence-electron chi connectivity index (χ1n) is 8.21. The predicted octanol–water partition coefficient (Wildman–Crippen LogP) is 2.77. The number of hydrogen-bond acceptors (Lipinski definition) is 6. The minimum atomic E-state index is -0.776. The molecule has 1 aromatic carbocycles. The van der Waals surface area contributed by atoms with Gasteiger partial charge < -0.3 is 4.74 Å². The van der Waals surface area contributed by atoms with Crippen molar-refractivity contribution < 1.29 is 9.53 Å². The third-order valence-corrected chi connectivity index (χ3v) is 4.75. The van der Waals surface area contributed by atoms with Crippen LogP contribution in [0.15, 0.2) is 51.9 Å². The zero-order valence-electron chi connectivity index (χ0n) is 14.4. The number of para-hydroxylation sites is 1. The molecule has 0 aliphatic carbocycles. The molecule has 0 amide bonds. The van der Waals surface area contributed by atoms with Crippen molar-refractivity contribution in [2.75, 3.05) is 6.61 Å². The quantitative estimate of drug-likeness (QED) is 0.581. The van der Waals surface area contributed by atoms with E-state index >= 15 is 0 Å². The van der Waals surface area contributed by atoms with Gasteiger partial charge in [0.25, 0.3) is 5.56 Å². The van der Waals surface area contributed by atoms with Crippen LogP contribution in [0.2, 0.25) is 0 Å². The van der Waals surface area contributed by atoms with Crippen LogP contribution in [-0.2, 0) is 16.1 Å². The summed E-state index contributed by atoms with van der Waals surface area (Å²) in [6.07, 6.45) is 1.40. The molecule has 0 spiro atoms. The van der Waals surface area contributed by atoms with Gasteiger partial charge in [-0.2, -0.15) is 10.4 Å². The largest absolute Gasteiger partial charge is 0.465 e. The van der Waals surface area contributed by atoms with Crippen molar-refractivity contribution in [3.63, 3.8) is 0 Å². The molecule has 1 atom stereocenters. The number of ether oxygens (including phenoxy) is 1. The highest BCUT2D eigenvalue weighted by molar-refractivity contribution is 9.10. The van der Waals surface area contributed by atoms with Gasteiger partial charge in [0.1, 0.15) is 12.5 Å². The number of hydrogen-bond donors (Lipinski definition) is 0. The van der Waals surface area contributed by atoms with Gasteiger partial charge in [-0.3, -0.25) is 14.6 Å². The van der Waals surface area contributed by atoms with Crippen LogP contribution in [0.3, 0.4) is 0 Å². The van der Waals surface area contributed by atoms with Gasteiger partial charge >= 0.3 is 5.97 Å². The van der Waals surface area contributed by atoms with Crippen molar-refractivity contribution in [1.29, 1.82) is 5.26 Å². The standard InChI is InChI=1S/C19H15BrN4O3/c1-2-27-17(25)11-24-19(26)18(20)14(10-22-24)13(9-21)16-8-7-12-5-3-4-6-15(12)23-16/h3-8,10,13H,2,11H2,1H3. The average Bonchev–Trinajstić information content (AvgIpc) is 2.68. The number of fused-ring (bicyclic) bond motifs is 1. The van der Waals surface area contributed by atoms with Crippen molar-refractivity contribution in [3.8, 4) is 6.07 Å². The lowest BCUT2D eigenvalue weighted by atomic mass is 9.98. The number of aromatic nitrogens is 3. The molecule has 2 aromatic heterocycles. The number of nitrogens with zero attached hydrogens (tertiary/aromatic N) is 4. The minimum absolute atomic E-state index is 0.170. The van der Waals surface area contributed by atoms with E-state index in [0.717, 1.165) is 15.6 Å². The van der Waals surface area contributed by atoms with Crippen LogP contribution >= 0.6 is 15.9 Å². The maximum atomic E-state index is 12.5. The first kappa shape index (κ1) is 18.7. The van der Waals surface area contributed by atoms with Crippen LogP contribution in [-0.4, -0.2) is 27.3 Å². The number of benzene rings is 1. The summed E-state index contributed by atoms with van der Waals surface area (Å²) in [4.78, 5) is 28.6. The van der Waals surface area contributed by atoms with E-state index in [1.54, 1.807) is 13.0 Å². The summed E-state index contributed by atoms with van der Waals surface area (Å²) in [5.41, 5.74) is 1.16. The van der Waals surface area contributed by atoms with Gasteiger partial charge in [-0.15, -0.1) is 0 Å². The van der Waals surface area contributed by atoms with E-state index < -0.39 is 17.4 Å². The normalized spacial score (nSPS) is 11.7. The molecule has 1 unspecified atom stereocenters. The highest BCUT2D eigenvalue weighted by Gasteiger charge is 2.22. The van der Waals surface area contributed by atoms with E-state index in [-0.39, 0.29) is 17.6 Å². The zero-order chi connectivity index (χ0) is 19.4. The molecule has 7 nitrogen and oxygen atoms in total. The average molecular weight is 427 g/mol. The molecule has 136 valence electrons. The van der Waals surface area contributed by atoms with Crippen molar-refractivity contribution >= 4 is 32.8 Å². The molecule has 0 saturated heterocycles. The van der Waals surface area contributed by atoms with E-state index in [9.17, 15) is 14.9 Å². The second kappa shape index (κ2) is 8.10. The number of rotatable bonds is 5. The molecule has 27 heavy (non-hydrogen) atoms. The SMILES string of the molecule is CCOC(=O)Cn1ncc(C(C#N)c2ccc3ccccc3n2)c(Br)c1=O. The molecule has 3 rings (SSSR count). The molecule has 2 heterocycles. The van der Waals surface area contributed by atoms with Crippen LogP contribution in [0.1, 0.15) is 24.1 Å². The lowest BCUT2D eigenvalue weighted by Crippen LogP contribution is -2.29. The fraction of sp³-hybridized carbons (Fsp3) is 0.211. The van der Waals surface area contributed by atoms with Gasteiger partial charge in [0.05, 0.1) is 34.6 Å². The molecule has 0 aliphatic heterocycles. The summed E-state index contributed by atoms with van der Waals surface area (Å²) in [6, 6.07) is 13.4. The van der Waals surface area contributed by atoms with Crippen LogP contribution in [0.4, 0.5) is 0 Å². The van der Waals surface area contributed by atoms with Crippen LogP contribution in [0.25, 0.3) is 10.9 Å². The third-order valence-electron chi connectivity index (χ3n) is 3.95. The van der Waals surface area contributed by atoms with Gasteiger partial charge in [-0.05, 0) is 35.0 Å². The molecule has 0 radical (unpaired) electrons. The van der Waals surface area contributed by atoms with E-state index in [1.807, 2.05) is 30.3 Å². The third kappa shape index (κ3) is 3.88. The Kier molecular flexibility index (Phi) is 5.62. The first-order valence-corrected chi connectivity index (χ1v) is 9.01. The Morgan fingerprint density at radius 1 is 1.33 bits per heavy atom. The van der Waals surface area contributed by atoms with E-state index in [0.29, 0.717) is 11.3 Å². The van der Waals surface area contributed by atoms with Crippen molar-refractivity contribution in [2.45, 2.75) is 19.4 Å². The van der Waals surface area contributed by atoms with Gasteiger partial charge in [-0.25, -0.2) is 4.68 Å². The van der Waals surface area contributed by atoms with Gasteiger partial charge in [-0.1, -0.05) is 24.3 Å². The summed E-state index contributed by atoms with van der Waals surface area (Å²) in [5.74, 6) is -1.33. The van der Waals surface area contributed by atoms with E-state index in [1.165, 1.54) is 6.20 Å². The molecule has 0 saturated carbocycles. The maximum absolute atomic E-state index is 12.5. The summed E-state index contributed by atoms with van der Waals surface area (Å²) in [6.45, 7) is 1.61. The predicted molar refractivity (Wildman–Crippen MR) is 102 cm³/mol. The lowest BCUT2D eigenvalue weighted by Gasteiger charge is -2.13. The molecule has 0 aliphatic rings. The fourth-order valence-corrected chi connectivity index (χ4v) is 3.19. The molecule has 0 fully saturated rings. The highest BCUT2D eigenvalue weighted by atomic mass is 79.9. The Balaban J connectivity index is 2.00. The number of carbonyl (C=O) groups excluding carboxylic acids is 1. The number of carbonyl (C=O) groups is 1. The minimum Gasteiger partial charge on any atom is -0.465 e. The molecule has 0 N–H and O–H groups in total. The zero-order valence-corrected chi connectivity index (χ0v) is 16.0. The van der Waals surface area contributed by atoms with Gasteiger partial charge in [0.2, 0.25) is 0 Å². The van der Waals surface area contributed by atoms with Crippen molar-refractivity contribution in [3.05, 3.63) is 68.7 Å². The Bertz CT molecular complexity index is 1100. The topological polar surface area (TPSA) is 97.9 Å². The van der Waals surface area contributed by atoms with Gasteiger partial charge in [0.15, 0.2) is 0 Å². The summed E-state index contributed by atoms with van der Waals surface area (Å²) in [5, 5.41) is 14.7. The van der Waals surface area contributed by atoms with Crippen molar-refractivity contribution in [1.82, 2.24) is 14.8 Å². The fourth-order valence-electron chi connectivity index (χ4n) is 2.66. The number of nitriles is 1. The smallest absolute Gasteiger partial charge is 0.327 e. The Hall–Kier alpha value is -3.05. The molecule has 8 heteroatoms. The second-order valence-corrected chi connectivity index (χ2v) is 6.47. The van der Waals surface area contributed by atoms with Crippen molar-refractivity contribution in [2.24, 2.45) is 0 Å². The van der Waals surface area contributed by atoms with Crippen LogP contribution < -0.4 is 5.56 Å².